The number of amides is 2. The molecule has 0 fully saturated rings. The first kappa shape index (κ1) is 16.9. The van der Waals surface area contributed by atoms with Crippen molar-refractivity contribution >= 4 is 57.6 Å². The van der Waals surface area contributed by atoms with Crippen LogP contribution < -0.4 is 10.9 Å². The van der Waals surface area contributed by atoms with Gasteiger partial charge in [-0.3, -0.25) is 20.4 Å². The number of aromatic hydroxyl groups is 1. The van der Waals surface area contributed by atoms with Crippen molar-refractivity contribution in [1.82, 2.24) is 10.9 Å². The van der Waals surface area contributed by atoms with Gasteiger partial charge < -0.3 is 5.11 Å². The molecule has 2 rings (SSSR count). The summed E-state index contributed by atoms with van der Waals surface area (Å²) in [5.74, 6) is -1.43. The fraction of sp³-hybridized carbons (Fsp3) is 0. The highest BCUT2D eigenvalue weighted by Crippen LogP contribution is 2.21. The molecular weight excluding hydrogens is 442 g/mol. The van der Waals surface area contributed by atoms with E-state index < -0.39 is 11.8 Å². The molecule has 22 heavy (non-hydrogen) atoms. The Balaban J connectivity index is 2.07. The van der Waals surface area contributed by atoms with Crippen LogP contribution in [0.5, 0.6) is 5.75 Å². The zero-order valence-electron chi connectivity index (χ0n) is 10.9. The first-order chi connectivity index (χ1) is 10.4. The van der Waals surface area contributed by atoms with Gasteiger partial charge in [-0.1, -0.05) is 23.2 Å². The van der Waals surface area contributed by atoms with Gasteiger partial charge in [-0.25, -0.2) is 0 Å². The van der Waals surface area contributed by atoms with Gasteiger partial charge in [-0.15, -0.1) is 0 Å². The third kappa shape index (κ3) is 4.02. The van der Waals surface area contributed by atoms with Crippen molar-refractivity contribution in [3.63, 3.8) is 0 Å². The van der Waals surface area contributed by atoms with E-state index in [9.17, 15) is 14.7 Å². The van der Waals surface area contributed by atoms with E-state index in [1.54, 1.807) is 18.2 Å². The molecule has 0 unspecified atom stereocenters. The summed E-state index contributed by atoms with van der Waals surface area (Å²) in [6, 6.07) is 8.78. The number of benzene rings is 2. The third-order valence-corrected chi connectivity index (χ3v) is 4.03. The fourth-order valence-corrected chi connectivity index (χ4v) is 2.90. The Hall–Kier alpha value is -1.51. The van der Waals surface area contributed by atoms with Crippen LogP contribution in [0.25, 0.3) is 0 Å². The van der Waals surface area contributed by atoms with Gasteiger partial charge in [0.05, 0.1) is 11.1 Å². The molecule has 0 radical (unpaired) electrons. The molecule has 2 aromatic carbocycles. The van der Waals surface area contributed by atoms with Crippen LogP contribution in [0.4, 0.5) is 0 Å². The van der Waals surface area contributed by atoms with E-state index in [1.165, 1.54) is 18.2 Å². The highest BCUT2D eigenvalue weighted by atomic mass is 127. The summed E-state index contributed by atoms with van der Waals surface area (Å²) in [7, 11) is 0. The van der Waals surface area contributed by atoms with E-state index in [-0.39, 0.29) is 11.3 Å². The van der Waals surface area contributed by atoms with Crippen molar-refractivity contribution in [3.8, 4) is 5.75 Å². The Morgan fingerprint density at radius 1 is 0.909 bits per heavy atom. The van der Waals surface area contributed by atoms with Crippen molar-refractivity contribution in [2.24, 2.45) is 0 Å². The molecule has 0 aliphatic rings. The first-order valence-electron chi connectivity index (χ1n) is 5.92. The molecule has 0 spiro atoms. The minimum Gasteiger partial charge on any atom is -0.507 e. The van der Waals surface area contributed by atoms with Crippen LogP contribution in [0, 0.1) is 3.57 Å². The lowest BCUT2D eigenvalue weighted by atomic mass is 10.2. The van der Waals surface area contributed by atoms with E-state index >= 15 is 0 Å². The average Bonchev–Trinajstić information content (AvgIpc) is 2.47. The topological polar surface area (TPSA) is 78.4 Å². The quantitative estimate of drug-likeness (QED) is 0.484. The smallest absolute Gasteiger partial charge is 0.273 e. The SMILES string of the molecule is O=C(NNC(=O)c1ccc(Cl)cc1I)c1cc(Cl)ccc1O. The molecule has 0 bridgehead atoms. The van der Waals surface area contributed by atoms with E-state index in [2.05, 4.69) is 10.9 Å². The van der Waals surface area contributed by atoms with Gasteiger partial charge in [0, 0.05) is 13.6 Å². The zero-order valence-corrected chi connectivity index (χ0v) is 14.5. The van der Waals surface area contributed by atoms with E-state index in [4.69, 9.17) is 23.2 Å². The average molecular weight is 451 g/mol. The molecular formula is C14H9Cl2IN2O3. The molecule has 0 saturated carbocycles. The zero-order chi connectivity index (χ0) is 16.3. The second kappa shape index (κ2) is 7.17. The molecule has 0 saturated heterocycles. The van der Waals surface area contributed by atoms with Gasteiger partial charge in [-0.05, 0) is 59.0 Å². The van der Waals surface area contributed by atoms with Crippen molar-refractivity contribution < 1.29 is 14.7 Å². The molecule has 0 aliphatic carbocycles. The molecule has 5 nitrogen and oxygen atoms in total. The summed E-state index contributed by atoms with van der Waals surface area (Å²) in [6.45, 7) is 0. The molecule has 0 aliphatic heterocycles. The minimum atomic E-state index is -0.683. The first-order valence-corrected chi connectivity index (χ1v) is 7.76. The number of hydrazine groups is 1. The summed E-state index contributed by atoms with van der Waals surface area (Å²) < 4.78 is 0.641. The Morgan fingerprint density at radius 3 is 2.09 bits per heavy atom. The summed E-state index contributed by atoms with van der Waals surface area (Å²) >= 11 is 13.5. The van der Waals surface area contributed by atoms with E-state index in [0.717, 1.165) is 0 Å². The predicted molar refractivity (Wildman–Crippen MR) is 92.2 cm³/mol. The maximum atomic E-state index is 12.0. The normalized spacial score (nSPS) is 10.1. The fourth-order valence-electron chi connectivity index (χ4n) is 1.61. The van der Waals surface area contributed by atoms with Crippen LogP contribution in [0.1, 0.15) is 20.7 Å². The van der Waals surface area contributed by atoms with Crippen LogP contribution >= 0.6 is 45.8 Å². The number of hydrogen-bond acceptors (Lipinski definition) is 3. The van der Waals surface area contributed by atoms with Crippen LogP contribution in [0.2, 0.25) is 10.0 Å². The lowest BCUT2D eigenvalue weighted by molar-refractivity contribution is 0.0844. The molecule has 0 aromatic heterocycles. The molecule has 2 aromatic rings. The largest absolute Gasteiger partial charge is 0.507 e. The Kier molecular flexibility index (Phi) is 5.49. The van der Waals surface area contributed by atoms with Gasteiger partial charge in [0.25, 0.3) is 11.8 Å². The standard InChI is InChI=1S/C14H9Cl2IN2O3/c15-7-2-4-12(20)10(5-7)14(22)19-18-13(21)9-3-1-8(16)6-11(9)17/h1-6,20H,(H,18,21)(H,19,22). The number of phenols is 1. The van der Waals surface area contributed by atoms with Crippen LogP contribution in [-0.2, 0) is 0 Å². The minimum absolute atomic E-state index is 0.0430. The maximum absolute atomic E-state index is 12.0. The number of halogens is 3. The molecule has 0 heterocycles. The predicted octanol–water partition coefficient (Wildman–Crippen LogP) is 3.38. The van der Waals surface area contributed by atoms with Crippen molar-refractivity contribution in [2.75, 3.05) is 0 Å². The van der Waals surface area contributed by atoms with Crippen LogP contribution in [0.3, 0.4) is 0 Å². The number of phenolic OH excluding ortho intramolecular Hbond substituents is 1. The van der Waals surface area contributed by atoms with E-state index in [0.29, 0.717) is 19.2 Å². The summed E-state index contributed by atoms with van der Waals surface area (Å²) in [4.78, 5) is 23.9. The van der Waals surface area contributed by atoms with Crippen molar-refractivity contribution in [2.45, 2.75) is 0 Å². The number of carbonyl (C=O) groups excluding carboxylic acids is 2. The number of nitrogens with one attached hydrogen (secondary N) is 2. The molecule has 8 heteroatoms. The number of hydrogen-bond donors (Lipinski definition) is 3. The second-order valence-electron chi connectivity index (χ2n) is 4.19. The van der Waals surface area contributed by atoms with Gasteiger partial charge in [0.1, 0.15) is 5.75 Å². The monoisotopic (exact) mass is 450 g/mol. The summed E-state index contributed by atoms with van der Waals surface area (Å²) in [5, 5.41) is 10.4. The lowest BCUT2D eigenvalue weighted by Crippen LogP contribution is -2.41. The van der Waals surface area contributed by atoms with Crippen molar-refractivity contribution in [3.05, 3.63) is 61.1 Å². The number of carbonyl (C=O) groups is 2. The van der Waals surface area contributed by atoms with Gasteiger partial charge in [-0.2, -0.15) is 0 Å². The van der Waals surface area contributed by atoms with E-state index in [1.807, 2.05) is 22.6 Å². The molecule has 3 N–H and O–H groups in total. The Bertz CT molecular complexity index is 753. The van der Waals surface area contributed by atoms with Crippen molar-refractivity contribution in [1.29, 1.82) is 0 Å². The third-order valence-electron chi connectivity index (χ3n) is 2.67. The summed E-state index contributed by atoms with van der Waals surface area (Å²) in [6.07, 6.45) is 0. The molecule has 2 amide bonds. The second-order valence-corrected chi connectivity index (χ2v) is 6.23. The van der Waals surface area contributed by atoms with Gasteiger partial charge in [0.15, 0.2) is 0 Å². The molecule has 114 valence electrons. The van der Waals surface area contributed by atoms with Crippen LogP contribution in [0.15, 0.2) is 36.4 Å². The number of rotatable bonds is 2. The van der Waals surface area contributed by atoms with Gasteiger partial charge in [0.2, 0.25) is 0 Å². The molecule has 0 atom stereocenters. The maximum Gasteiger partial charge on any atom is 0.273 e. The lowest BCUT2D eigenvalue weighted by Gasteiger charge is -2.10. The van der Waals surface area contributed by atoms with Gasteiger partial charge >= 0.3 is 0 Å². The highest BCUT2D eigenvalue weighted by molar-refractivity contribution is 14.1. The highest BCUT2D eigenvalue weighted by Gasteiger charge is 2.14. The van der Waals surface area contributed by atoms with Crippen LogP contribution in [-0.4, -0.2) is 16.9 Å². The summed E-state index contributed by atoms with van der Waals surface area (Å²) in [5.41, 5.74) is 4.80. The Labute approximate surface area is 149 Å². The Morgan fingerprint density at radius 2 is 1.45 bits per heavy atom.